The normalized spacial score (nSPS) is 24.9. The Morgan fingerprint density at radius 1 is 1.47 bits per heavy atom. The SMILES string of the molecule is Cc1ccc2c(c1)CC(C(C)O)S2(=O)=O. The first-order valence-corrected chi connectivity index (χ1v) is 6.49. The van der Waals surface area contributed by atoms with E-state index in [1.54, 1.807) is 12.1 Å². The summed E-state index contributed by atoms with van der Waals surface area (Å²) < 4.78 is 24.0. The molecule has 2 atom stereocenters. The Morgan fingerprint density at radius 3 is 2.73 bits per heavy atom. The largest absolute Gasteiger partial charge is 0.392 e. The van der Waals surface area contributed by atoms with Crippen molar-refractivity contribution in [3.63, 3.8) is 0 Å². The molecule has 4 heteroatoms. The lowest BCUT2D eigenvalue weighted by atomic mass is 10.1. The second kappa shape index (κ2) is 3.32. The highest BCUT2D eigenvalue weighted by Crippen LogP contribution is 2.33. The maximum absolute atomic E-state index is 12.0. The zero-order chi connectivity index (χ0) is 11.2. The lowest BCUT2D eigenvalue weighted by Gasteiger charge is -2.11. The average molecular weight is 226 g/mol. The number of aliphatic hydroxyl groups is 1. The second-order valence-corrected chi connectivity index (χ2v) is 6.27. The van der Waals surface area contributed by atoms with Gasteiger partial charge in [0.15, 0.2) is 9.84 Å². The van der Waals surface area contributed by atoms with E-state index in [4.69, 9.17) is 0 Å². The number of hydrogen-bond donors (Lipinski definition) is 1. The molecule has 3 nitrogen and oxygen atoms in total. The van der Waals surface area contributed by atoms with Gasteiger partial charge < -0.3 is 5.11 Å². The molecule has 0 saturated carbocycles. The summed E-state index contributed by atoms with van der Waals surface area (Å²) in [4.78, 5) is 0.388. The predicted molar refractivity (Wildman–Crippen MR) is 57.5 cm³/mol. The van der Waals surface area contributed by atoms with Gasteiger partial charge in [0.2, 0.25) is 0 Å². The Bertz CT molecular complexity index is 489. The van der Waals surface area contributed by atoms with E-state index in [2.05, 4.69) is 0 Å². The lowest BCUT2D eigenvalue weighted by Crippen LogP contribution is -2.29. The molecule has 0 aromatic heterocycles. The van der Waals surface area contributed by atoms with Crippen molar-refractivity contribution in [3.8, 4) is 0 Å². The van der Waals surface area contributed by atoms with Crippen LogP contribution in [-0.2, 0) is 16.3 Å². The molecule has 2 rings (SSSR count). The van der Waals surface area contributed by atoms with Crippen LogP contribution < -0.4 is 0 Å². The molecule has 1 aliphatic rings. The highest BCUT2D eigenvalue weighted by molar-refractivity contribution is 7.92. The van der Waals surface area contributed by atoms with Gasteiger partial charge in [0.1, 0.15) is 0 Å². The maximum atomic E-state index is 12.0. The quantitative estimate of drug-likeness (QED) is 0.779. The van der Waals surface area contributed by atoms with Crippen LogP contribution in [0.3, 0.4) is 0 Å². The number of rotatable bonds is 1. The average Bonchev–Trinajstić information content (AvgIpc) is 2.37. The minimum Gasteiger partial charge on any atom is -0.392 e. The van der Waals surface area contributed by atoms with Gasteiger partial charge in [-0.1, -0.05) is 17.7 Å². The van der Waals surface area contributed by atoms with Gasteiger partial charge in [-0.05, 0) is 31.9 Å². The van der Waals surface area contributed by atoms with Crippen LogP contribution in [0.1, 0.15) is 18.1 Å². The Labute approximate surface area is 89.7 Å². The Hall–Kier alpha value is -0.870. The first kappa shape index (κ1) is 10.6. The monoisotopic (exact) mass is 226 g/mol. The zero-order valence-electron chi connectivity index (χ0n) is 8.77. The first-order valence-electron chi connectivity index (χ1n) is 4.94. The molecule has 1 heterocycles. The van der Waals surface area contributed by atoms with E-state index < -0.39 is 21.2 Å². The summed E-state index contributed by atoms with van der Waals surface area (Å²) in [6.45, 7) is 3.46. The van der Waals surface area contributed by atoms with Crippen molar-refractivity contribution in [2.45, 2.75) is 36.5 Å². The molecule has 1 aromatic carbocycles. The van der Waals surface area contributed by atoms with Gasteiger partial charge >= 0.3 is 0 Å². The standard InChI is InChI=1S/C11H14O3S/c1-7-3-4-10-9(5-7)6-11(8(2)12)15(10,13)14/h3-5,8,11-12H,6H2,1-2H3. The summed E-state index contributed by atoms with van der Waals surface area (Å²) in [5, 5.41) is 8.78. The molecule has 1 aliphatic heterocycles. The Balaban J connectivity index is 2.57. The molecule has 0 amide bonds. The van der Waals surface area contributed by atoms with Crippen LogP contribution in [-0.4, -0.2) is 24.9 Å². The fourth-order valence-electron chi connectivity index (χ4n) is 2.06. The van der Waals surface area contributed by atoms with Crippen molar-refractivity contribution in [1.29, 1.82) is 0 Å². The summed E-state index contributed by atoms with van der Waals surface area (Å²) in [7, 11) is -3.31. The van der Waals surface area contributed by atoms with Gasteiger partial charge in [-0.15, -0.1) is 0 Å². The van der Waals surface area contributed by atoms with Crippen LogP contribution in [0, 0.1) is 6.92 Å². The third-order valence-corrected chi connectivity index (χ3v) is 5.25. The van der Waals surface area contributed by atoms with Gasteiger partial charge in [0.25, 0.3) is 0 Å². The number of sulfone groups is 1. The van der Waals surface area contributed by atoms with E-state index >= 15 is 0 Å². The third-order valence-electron chi connectivity index (χ3n) is 2.88. The van der Waals surface area contributed by atoms with Crippen LogP contribution in [0.5, 0.6) is 0 Å². The number of fused-ring (bicyclic) bond motifs is 1. The van der Waals surface area contributed by atoms with Crippen LogP contribution in [0.4, 0.5) is 0 Å². The van der Waals surface area contributed by atoms with Crippen molar-refractivity contribution in [3.05, 3.63) is 29.3 Å². The van der Waals surface area contributed by atoms with Crippen LogP contribution in [0.25, 0.3) is 0 Å². The summed E-state index contributed by atoms with van der Waals surface area (Å²) in [6.07, 6.45) is -0.389. The van der Waals surface area contributed by atoms with Crippen molar-refractivity contribution in [2.24, 2.45) is 0 Å². The number of hydrogen-bond acceptors (Lipinski definition) is 3. The number of aryl methyl sites for hydroxylation is 1. The molecule has 1 aromatic rings. The summed E-state index contributed by atoms with van der Waals surface area (Å²) in [5.41, 5.74) is 1.89. The van der Waals surface area contributed by atoms with Gasteiger partial charge in [-0.3, -0.25) is 0 Å². The predicted octanol–water partition coefficient (Wildman–Crippen LogP) is 1.07. The zero-order valence-corrected chi connectivity index (χ0v) is 9.58. The topological polar surface area (TPSA) is 54.4 Å². The molecule has 82 valence electrons. The van der Waals surface area contributed by atoms with Crippen molar-refractivity contribution >= 4 is 9.84 Å². The molecule has 2 unspecified atom stereocenters. The van der Waals surface area contributed by atoms with E-state index in [-0.39, 0.29) is 0 Å². The van der Waals surface area contributed by atoms with Gasteiger partial charge in [-0.25, -0.2) is 8.42 Å². The molecule has 0 radical (unpaired) electrons. The van der Waals surface area contributed by atoms with E-state index in [1.807, 2.05) is 13.0 Å². The fraction of sp³-hybridized carbons (Fsp3) is 0.455. The second-order valence-electron chi connectivity index (χ2n) is 4.14. The highest BCUT2D eigenvalue weighted by atomic mass is 32.2. The first-order chi connectivity index (χ1) is 6.93. The van der Waals surface area contributed by atoms with E-state index in [0.717, 1.165) is 11.1 Å². The van der Waals surface area contributed by atoms with Crippen molar-refractivity contribution < 1.29 is 13.5 Å². The van der Waals surface area contributed by atoms with Crippen molar-refractivity contribution in [1.82, 2.24) is 0 Å². The van der Waals surface area contributed by atoms with Crippen LogP contribution >= 0.6 is 0 Å². The number of aliphatic hydroxyl groups excluding tert-OH is 1. The van der Waals surface area contributed by atoms with E-state index in [9.17, 15) is 13.5 Å². The molecule has 0 bridgehead atoms. The molecular formula is C11H14O3S. The molecular weight excluding hydrogens is 212 g/mol. The van der Waals surface area contributed by atoms with Crippen molar-refractivity contribution in [2.75, 3.05) is 0 Å². The molecule has 0 saturated heterocycles. The Morgan fingerprint density at radius 2 is 2.13 bits per heavy atom. The van der Waals surface area contributed by atoms with E-state index in [1.165, 1.54) is 6.92 Å². The smallest absolute Gasteiger partial charge is 0.184 e. The lowest BCUT2D eigenvalue weighted by molar-refractivity contribution is 0.189. The van der Waals surface area contributed by atoms with Crippen LogP contribution in [0.15, 0.2) is 23.1 Å². The number of benzene rings is 1. The molecule has 0 spiro atoms. The minimum atomic E-state index is -3.31. The third kappa shape index (κ3) is 1.58. The van der Waals surface area contributed by atoms with Crippen LogP contribution in [0.2, 0.25) is 0 Å². The molecule has 15 heavy (non-hydrogen) atoms. The minimum absolute atomic E-state index is 0.388. The maximum Gasteiger partial charge on any atom is 0.184 e. The fourth-order valence-corrected chi connectivity index (χ4v) is 4.07. The molecule has 0 aliphatic carbocycles. The molecule has 1 N–H and O–H groups in total. The molecule has 0 fully saturated rings. The van der Waals surface area contributed by atoms with Gasteiger partial charge in [0.05, 0.1) is 16.2 Å². The summed E-state index contributed by atoms with van der Waals surface area (Å²) >= 11 is 0. The van der Waals surface area contributed by atoms with Gasteiger partial charge in [-0.2, -0.15) is 0 Å². The summed E-state index contributed by atoms with van der Waals surface area (Å²) in [5.74, 6) is 0. The van der Waals surface area contributed by atoms with Gasteiger partial charge in [0, 0.05) is 0 Å². The summed E-state index contributed by atoms with van der Waals surface area (Å²) in [6, 6.07) is 5.32. The Kier molecular flexibility index (Phi) is 2.35. The highest BCUT2D eigenvalue weighted by Gasteiger charge is 2.39. The van der Waals surface area contributed by atoms with E-state index in [0.29, 0.717) is 11.3 Å².